The molecule has 0 saturated heterocycles. The van der Waals surface area contributed by atoms with Crippen LogP contribution in [0.5, 0.6) is 11.5 Å². The van der Waals surface area contributed by atoms with Gasteiger partial charge in [-0.05, 0) is 61.1 Å². The Hall–Kier alpha value is -2.49. The lowest BCUT2D eigenvalue weighted by atomic mass is 9.90. The molecule has 2 aliphatic rings. The first-order chi connectivity index (χ1) is 11.8. The zero-order valence-corrected chi connectivity index (χ0v) is 13.6. The lowest BCUT2D eigenvalue weighted by Crippen LogP contribution is -2.40. The van der Waals surface area contributed by atoms with Crippen molar-refractivity contribution in [3.8, 4) is 11.5 Å². The fraction of sp³-hybridized carbons (Fsp3) is 0.350. The van der Waals surface area contributed by atoms with E-state index in [1.807, 2.05) is 36.4 Å². The highest BCUT2D eigenvalue weighted by Gasteiger charge is 2.21. The average Bonchev–Trinajstić information content (AvgIpc) is 2.65. The van der Waals surface area contributed by atoms with E-state index < -0.39 is 0 Å². The standard InChI is InChI=1S/C20H21NO3/c22-20(16-10-9-14-5-1-2-6-15(14)11-16)21-12-17-13-23-18-7-3-4-8-19(18)24-17/h3-4,7-11,17H,1-2,5-6,12-13H2,(H,21,22). The minimum absolute atomic E-state index is 0.0502. The van der Waals surface area contributed by atoms with Crippen molar-refractivity contribution in [1.29, 1.82) is 0 Å². The Morgan fingerprint density at radius 3 is 2.71 bits per heavy atom. The van der Waals surface area contributed by atoms with Crippen molar-refractivity contribution in [2.75, 3.05) is 13.2 Å². The van der Waals surface area contributed by atoms with E-state index in [0.717, 1.165) is 29.9 Å². The van der Waals surface area contributed by atoms with Crippen molar-refractivity contribution in [3.05, 3.63) is 59.2 Å². The number of hydrogen-bond acceptors (Lipinski definition) is 3. The summed E-state index contributed by atoms with van der Waals surface area (Å²) < 4.78 is 11.5. The van der Waals surface area contributed by atoms with Gasteiger partial charge in [0.25, 0.3) is 5.91 Å². The van der Waals surface area contributed by atoms with E-state index >= 15 is 0 Å². The molecule has 1 aliphatic carbocycles. The van der Waals surface area contributed by atoms with Crippen molar-refractivity contribution >= 4 is 5.91 Å². The highest BCUT2D eigenvalue weighted by molar-refractivity contribution is 5.94. The summed E-state index contributed by atoms with van der Waals surface area (Å²) in [6, 6.07) is 13.7. The van der Waals surface area contributed by atoms with Gasteiger partial charge in [0.05, 0.1) is 6.54 Å². The average molecular weight is 323 g/mol. The first-order valence-electron chi connectivity index (χ1n) is 8.58. The van der Waals surface area contributed by atoms with Crippen molar-refractivity contribution in [3.63, 3.8) is 0 Å². The Morgan fingerprint density at radius 1 is 1.04 bits per heavy atom. The predicted molar refractivity (Wildman–Crippen MR) is 91.8 cm³/mol. The van der Waals surface area contributed by atoms with Crippen LogP contribution in [0.4, 0.5) is 0 Å². The van der Waals surface area contributed by atoms with Gasteiger partial charge in [-0.1, -0.05) is 18.2 Å². The van der Waals surface area contributed by atoms with Crippen molar-refractivity contribution in [2.24, 2.45) is 0 Å². The molecule has 1 atom stereocenters. The summed E-state index contributed by atoms with van der Waals surface area (Å²) in [7, 11) is 0. The second kappa shape index (κ2) is 6.56. The predicted octanol–water partition coefficient (Wildman–Crippen LogP) is 3.14. The van der Waals surface area contributed by atoms with Gasteiger partial charge in [-0.15, -0.1) is 0 Å². The summed E-state index contributed by atoms with van der Waals surface area (Å²) in [6.07, 6.45) is 4.50. The maximum atomic E-state index is 12.4. The molecule has 1 N–H and O–H groups in total. The van der Waals surface area contributed by atoms with Crippen LogP contribution in [-0.4, -0.2) is 25.2 Å². The van der Waals surface area contributed by atoms with E-state index in [1.54, 1.807) is 0 Å². The summed E-state index contributed by atoms with van der Waals surface area (Å²) in [4.78, 5) is 12.4. The van der Waals surface area contributed by atoms with Gasteiger partial charge >= 0.3 is 0 Å². The molecular weight excluding hydrogens is 302 g/mol. The van der Waals surface area contributed by atoms with Crippen molar-refractivity contribution in [2.45, 2.75) is 31.8 Å². The summed E-state index contributed by atoms with van der Waals surface area (Å²) in [5.41, 5.74) is 3.44. The molecule has 4 heteroatoms. The Kier molecular flexibility index (Phi) is 4.11. The van der Waals surface area contributed by atoms with Gasteiger partial charge < -0.3 is 14.8 Å². The number of hydrogen-bond donors (Lipinski definition) is 1. The summed E-state index contributed by atoms with van der Waals surface area (Å²) in [5, 5.41) is 2.96. The Balaban J connectivity index is 1.37. The highest BCUT2D eigenvalue weighted by atomic mass is 16.6. The molecule has 0 fully saturated rings. The van der Waals surface area contributed by atoms with Gasteiger partial charge in [-0.3, -0.25) is 4.79 Å². The SMILES string of the molecule is O=C(NCC1COc2ccccc2O1)c1ccc2c(c1)CCCC2. The molecule has 2 aromatic rings. The van der Waals surface area contributed by atoms with Gasteiger partial charge in [0.1, 0.15) is 12.7 Å². The third-order valence-electron chi connectivity index (χ3n) is 4.67. The van der Waals surface area contributed by atoms with Crippen LogP contribution in [0, 0.1) is 0 Å². The van der Waals surface area contributed by atoms with E-state index in [4.69, 9.17) is 9.47 Å². The monoisotopic (exact) mass is 323 g/mol. The van der Waals surface area contributed by atoms with Crippen LogP contribution in [-0.2, 0) is 12.8 Å². The van der Waals surface area contributed by atoms with Crippen molar-refractivity contribution in [1.82, 2.24) is 5.32 Å². The molecule has 0 aromatic heterocycles. The number of nitrogens with one attached hydrogen (secondary N) is 1. The third-order valence-corrected chi connectivity index (χ3v) is 4.67. The number of amides is 1. The molecule has 0 spiro atoms. The first kappa shape index (κ1) is 15.1. The fourth-order valence-electron chi connectivity index (χ4n) is 3.35. The number of carbonyl (C=O) groups excluding carboxylic acids is 1. The van der Waals surface area contributed by atoms with E-state index in [2.05, 4.69) is 11.4 Å². The van der Waals surface area contributed by atoms with Gasteiger partial charge in [0.15, 0.2) is 11.5 Å². The second-order valence-corrected chi connectivity index (χ2v) is 6.40. The smallest absolute Gasteiger partial charge is 0.251 e. The molecule has 4 nitrogen and oxygen atoms in total. The zero-order valence-electron chi connectivity index (χ0n) is 13.6. The lowest BCUT2D eigenvalue weighted by Gasteiger charge is -2.26. The Labute approximate surface area is 141 Å². The van der Waals surface area contributed by atoms with E-state index in [1.165, 1.54) is 24.0 Å². The van der Waals surface area contributed by atoms with E-state index in [9.17, 15) is 4.79 Å². The number of aryl methyl sites for hydroxylation is 2. The van der Waals surface area contributed by atoms with Crippen molar-refractivity contribution < 1.29 is 14.3 Å². The van der Waals surface area contributed by atoms with Crippen LogP contribution < -0.4 is 14.8 Å². The molecule has 1 amide bonds. The molecule has 1 aliphatic heterocycles. The lowest BCUT2D eigenvalue weighted by molar-refractivity contribution is 0.0789. The molecule has 1 unspecified atom stereocenters. The molecule has 4 rings (SSSR count). The Morgan fingerprint density at radius 2 is 1.83 bits per heavy atom. The van der Waals surface area contributed by atoms with Gasteiger partial charge in [-0.2, -0.15) is 0 Å². The third kappa shape index (κ3) is 3.09. The normalized spacial score (nSPS) is 18.6. The van der Waals surface area contributed by atoms with Gasteiger partial charge in [0, 0.05) is 5.56 Å². The Bertz CT molecular complexity index is 756. The number of ether oxygens (including phenoxy) is 2. The quantitative estimate of drug-likeness (QED) is 0.944. The molecule has 2 aromatic carbocycles. The maximum Gasteiger partial charge on any atom is 0.251 e. The molecule has 124 valence electrons. The number of fused-ring (bicyclic) bond motifs is 2. The molecule has 0 radical (unpaired) electrons. The van der Waals surface area contributed by atoms with Crippen LogP contribution in [0.3, 0.4) is 0 Å². The molecule has 24 heavy (non-hydrogen) atoms. The molecule has 0 bridgehead atoms. The van der Waals surface area contributed by atoms with Crippen LogP contribution in [0.25, 0.3) is 0 Å². The molecule has 1 heterocycles. The number of rotatable bonds is 3. The summed E-state index contributed by atoms with van der Waals surface area (Å²) >= 11 is 0. The number of para-hydroxylation sites is 2. The first-order valence-corrected chi connectivity index (χ1v) is 8.58. The topological polar surface area (TPSA) is 47.6 Å². The largest absolute Gasteiger partial charge is 0.486 e. The number of benzene rings is 2. The van der Waals surface area contributed by atoms with E-state index in [-0.39, 0.29) is 12.0 Å². The minimum Gasteiger partial charge on any atom is -0.486 e. The minimum atomic E-state index is -0.165. The highest BCUT2D eigenvalue weighted by Crippen LogP contribution is 2.30. The van der Waals surface area contributed by atoms with E-state index in [0.29, 0.717) is 13.2 Å². The van der Waals surface area contributed by atoms with Crippen LogP contribution in [0.1, 0.15) is 34.3 Å². The number of carbonyl (C=O) groups is 1. The molecule has 0 saturated carbocycles. The van der Waals surface area contributed by atoms with Crippen LogP contribution >= 0.6 is 0 Å². The summed E-state index contributed by atoms with van der Waals surface area (Å²) in [5.74, 6) is 1.44. The molecular formula is C20H21NO3. The van der Waals surface area contributed by atoms with Crippen LogP contribution in [0.15, 0.2) is 42.5 Å². The zero-order chi connectivity index (χ0) is 16.4. The summed E-state index contributed by atoms with van der Waals surface area (Å²) in [6.45, 7) is 0.881. The van der Waals surface area contributed by atoms with Gasteiger partial charge in [0.2, 0.25) is 0 Å². The van der Waals surface area contributed by atoms with Crippen LogP contribution in [0.2, 0.25) is 0 Å². The van der Waals surface area contributed by atoms with Gasteiger partial charge in [-0.25, -0.2) is 0 Å². The maximum absolute atomic E-state index is 12.4. The fourth-order valence-corrected chi connectivity index (χ4v) is 3.35. The second-order valence-electron chi connectivity index (χ2n) is 6.40.